The van der Waals surface area contributed by atoms with Crippen LogP contribution in [0.2, 0.25) is 0 Å². The van der Waals surface area contributed by atoms with Gasteiger partial charge in [-0.15, -0.1) is 0 Å². The maximum atomic E-state index is 4.80. The number of aromatic nitrogens is 2. The number of hydrogen-bond acceptors (Lipinski definition) is 5. The van der Waals surface area contributed by atoms with Gasteiger partial charge in [0.25, 0.3) is 0 Å². The molecule has 1 aliphatic carbocycles. The van der Waals surface area contributed by atoms with Crippen molar-refractivity contribution in [1.82, 2.24) is 15.3 Å². The Hall–Kier alpha value is -2.66. The molecule has 0 saturated heterocycles. The number of fused-ring (bicyclic) bond motifs is 1. The number of nitrogens with one attached hydrogen (secondary N) is 2. The van der Waals surface area contributed by atoms with Crippen molar-refractivity contribution in [1.29, 1.82) is 0 Å². The Morgan fingerprint density at radius 2 is 1.65 bits per heavy atom. The zero-order valence-electron chi connectivity index (χ0n) is 18.8. The highest BCUT2D eigenvalue weighted by atomic mass is 15.2. The number of rotatable bonds is 9. The smallest absolute Gasteiger partial charge is 0.225 e. The Morgan fingerprint density at radius 3 is 2.42 bits per heavy atom. The molecular weight excluding hydrogens is 382 g/mol. The Bertz CT molecular complexity index is 948. The van der Waals surface area contributed by atoms with Gasteiger partial charge >= 0.3 is 0 Å². The first-order valence-corrected chi connectivity index (χ1v) is 11.6. The molecule has 3 aromatic rings. The van der Waals surface area contributed by atoms with Crippen LogP contribution in [0.4, 0.5) is 11.8 Å². The summed E-state index contributed by atoms with van der Waals surface area (Å²) < 4.78 is 0. The predicted molar refractivity (Wildman–Crippen MR) is 131 cm³/mol. The lowest BCUT2D eigenvalue weighted by Gasteiger charge is -2.29. The van der Waals surface area contributed by atoms with Crippen LogP contribution in [-0.2, 0) is 6.42 Å². The fourth-order valence-electron chi connectivity index (χ4n) is 4.53. The van der Waals surface area contributed by atoms with Gasteiger partial charge in [0.1, 0.15) is 5.82 Å². The average molecular weight is 418 g/mol. The van der Waals surface area contributed by atoms with Gasteiger partial charge in [0.15, 0.2) is 0 Å². The highest BCUT2D eigenvalue weighted by Crippen LogP contribution is 2.28. The van der Waals surface area contributed by atoms with Crippen molar-refractivity contribution in [2.75, 3.05) is 37.4 Å². The van der Waals surface area contributed by atoms with Crippen molar-refractivity contribution in [2.45, 2.75) is 44.6 Å². The SMILES string of the molecule is CN(C)c1nc(N[C@H]2CC[C@@H](CNCCCc3ccccc3)CC2)nc2ccccc12. The molecule has 2 aromatic carbocycles. The van der Waals surface area contributed by atoms with E-state index in [1.165, 1.54) is 37.7 Å². The molecule has 4 rings (SSSR count). The van der Waals surface area contributed by atoms with E-state index in [9.17, 15) is 0 Å². The maximum Gasteiger partial charge on any atom is 0.225 e. The molecule has 1 aliphatic rings. The standard InChI is InChI=1S/C26H35N5/c1-31(2)25-23-12-6-7-13-24(23)29-26(30-25)28-22-16-14-21(15-17-22)19-27-18-8-11-20-9-4-3-5-10-20/h3-7,9-10,12-13,21-22,27H,8,11,14-19H2,1-2H3,(H,28,29,30)/t21-,22+. The van der Waals surface area contributed by atoms with Crippen molar-refractivity contribution < 1.29 is 0 Å². The summed E-state index contributed by atoms with van der Waals surface area (Å²) in [6, 6.07) is 19.5. The average Bonchev–Trinajstić information content (AvgIpc) is 2.80. The second-order valence-corrected chi connectivity index (χ2v) is 8.94. The monoisotopic (exact) mass is 417 g/mol. The van der Waals surface area contributed by atoms with Crippen molar-refractivity contribution in [3.8, 4) is 0 Å². The molecule has 0 amide bonds. The Balaban J connectivity index is 1.21. The van der Waals surface area contributed by atoms with E-state index < -0.39 is 0 Å². The van der Waals surface area contributed by atoms with E-state index >= 15 is 0 Å². The summed E-state index contributed by atoms with van der Waals surface area (Å²) in [4.78, 5) is 11.6. The number of para-hydroxylation sites is 1. The van der Waals surface area contributed by atoms with Gasteiger partial charge in [-0.1, -0.05) is 42.5 Å². The van der Waals surface area contributed by atoms with Crippen LogP contribution in [-0.4, -0.2) is 43.2 Å². The molecule has 0 atom stereocenters. The molecule has 31 heavy (non-hydrogen) atoms. The second-order valence-electron chi connectivity index (χ2n) is 8.94. The molecule has 0 aliphatic heterocycles. The summed E-state index contributed by atoms with van der Waals surface area (Å²) in [6.07, 6.45) is 7.25. The zero-order chi connectivity index (χ0) is 21.5. The van der Waals surface area contributed by atoms with Crippen LogP contribution in [0, 0.1) is 5.92 Å². The molecule has 1 aromatic heterocycles. The molecule has 0 unspecified atom stereocenters. The van der Waals surface area contributed by atoms with Crippen molar-refractivity contribution >= 4 is 22.7 Å². The topological polar surface area (TPSA) is 53.1 Å². The molecular formula is C26H35N5. The van der Waals surface area contributed by atoms with E-state index in [1.54, 1.807) is 0 Å². The summed E-state index contributed by atoms with van der Waals surface area (Å²) in [7, 11) is 4.08. The van der Waals surface area contributed by atoms with E-state index in [4.69, 9.17) is 9.97 Å². The number of benzene rings is 2. The molecule has 1 saturated carbocycles. The normalized spacial score (nSPS) is 18.8. The summed E-state index contributed by atoms with van der Waals surface area (Å²) in [6.45, 7) is 2.24. The number of aryl methyl sites for hydroxylation is 1. The largest absolute Gasteiger partial charge is 0.362 e. The van der Waals surface area contributed by atoms with Crippen LogP contribution in [0.3, 0.4) is 0 Å². The minimum absolute atomic E-state index is 0.463. The highest BCUT2D eigenvalue weighted by molar-refractivity contribution is 5.90. The molecule has 1 fully saturated rings. The van der Waals surface area contributed by atoms with Crippen LogP contribution >= 0.6 is 0 Å². The Kier molecular flexibility index (Phi) is 7.36. The van der Waals surface area contributed by atoms with Gasteiger partial charge in [0, 0.05) is 25.5 Å². The van der Waals surface area contributed by atoms with Gasteiger partial charge in [-0.25, -0.2) is 4.98 Å². The van der Waals surface area contributed by atoms with Crippen molar-refractivity contribution in [2.24, 2.45) is 5.92 Å². The van der Waals surface area contributed by atoms with Crippen LogP contribution in [0.25, 0.3) is 10.9 Å². The molecule has 2 N–H and O–H groups in total. The number of hydrogen-bond donors (Lipinski definition) is 2. The molecule has 164 valence electrons. The zero-order valence-corrected chi connectivity index (χ0v) is 18.8. The molecule has 0 spiro atoms. The Labute approximate surface area is 186 Å². The Morgan fingerprint density at radius 1 is 0.903 bits per heavy atom. The molecule has 0 radical (unpaired) electrons. The van der Waals surface area contributed by atoms with Gasteiger partial charge in [0.05, 0.1) is 5.52 Å². The number of anilines is 2. The first kappa shape index (κ1) is 21.6. The molecule has 1 heterocycles. The fraction of sp³-hybridized carbons (Fsp3) is 0.462. The van der Waals surface area contributed by atoms with Gasteiger partial charge in [-0.3, -0.25) is 0 Å². The molecule has 5 nitrogen and oxygen atoms in total. The third kappa shape index (κ3) is 5.95. The lowest BCUT2D eigenvalue weighted by molar-refractivity contribution is 0.324. The second kappa shape index (κ2) is 10.6. The third-order valence-corrected chi connectivity index (χ3v) is 6.28. The first-order chi connectivity index (χ1) is 15.2. The van der Waals surface area contributed by atoms with E-state index in [0.29, 0.717) is 6.04 Å². The summed E-state index contributed by atoms with van der Waals surface area (Å²) in [5.41, 5.74) is 2.43. The van der Waals surface area contributed by atoms with E-state index in [2.05, 4.69) is 58.0 Å². The maximum absolute atomic E-state index is 4.80. The van der Waals surface area contributed by atoms with Gasteiger partial charge in [-0.05, 0) is 75.2 Å². The van der Waals surface area contributed by atoms with Crippen LogP contribution in [0.1, 0.15) is 37.7 Å². The minimum Gasteiger partial charge on any atom is -0.362 e. The van der Waals surface area contributed by atoms with Crippen LogP contribution in [0.5, 0.6) is 0 Å². The molecule has 0 bridgehead atoms. The lowest BCUT2D eigenvalue weighted by atomic mass is 9.86. The minimum atomic E-state index is 0.463. The predicted octanol–water partition coefficient (Wildman–Crippen LogP) is 4.89. The lowest BCUT2D eigenvalue weighted by Crippen LogP contribution is -2.32. The highest BCUT2D eigenvalue weighted by Gasteiger charge is 2.22. The van der Waals surface area contributed by atoms with E-state index in [1.807, 2.05) is 26.2 Å². The quantitative estimate of drug-likeness (QED) is 0.486. The van der Waals surface area contributed by atoms with Crippen LogP contribution < -0.4 is 15.5 Å². The third-order valence-electron chi connectivity index (χ3n) is 6.28. The molecule has 5 heteroatoms. The number of nitrogens with zero attached hydrogens (tertiary/aromatic N) is 3. The summed E-state index contributed by atoms with van der Waals surface area (Å²) in [5.74, 6) is 2.51. The summed E-state index contributed by atoms with van der Waals surface area (Å²) >= 11 is 0. The van der Waals surface area contributed by atoms with Crippen molar-refractivity contribution in [3.05, 3.63) is 60.2 Å². The fourth-order valence-corrected chi connectivity index (χ4v) is 4.53. The summed E-state index contributed by atoms with van der Waals surface area (Å²) in [5, 5.41) is 8.39. The van der Waals surface area contributed by atoms with E-state index in [-0.39, 0.29) is 0 Å². The van der Waals surface area contributed by atoms with Crippen molar-refractivity contribution in [3.63, 3.8) is 0 Å². The van der Waals surface area contributed by atoms with Gasteiger partial charge < -0.3 is 15.5 Å². The first-order valence-electron chi connectivity index (χ1n) is 11.6. The van der Waals surface area contributed by atoms with E-state index in [0.717, 1.165) is 48.1 Å². The van der Waals surface area contributed by atoms with Gasteiger partial charge in [0.2, 0.25) is 5.95 Å². The van der Waals surface area contributed by atoms with Gasteiger partial charge in [-0.2, -0.15) is 4.98 Å². The van der Waals surface area contributed by atoms with Crippen LogP contribution in [0.15, 0.2) is 54.6 Å².